The first-order valence-electron chi connectivity index (χ1n) is 8.04. The van der Waals surface area contributed by atoms with E-state index in [-0.39, 0.29) is 10.9 Å². The van der Waals surface area contributed by atoms with Crippen LogP contribution in [-0.4, -0.2) is 41.6 Å². The smallest absolute Gasteiger partial charge is 0.332 e. The Morgan fingerprint density at radius 1 is 1.28 bits per heavy atom. The lowest BCUT2D eigenvalue weighted by Crippen LogP contribution is -2.30. The number of hydrogen-bond acceptors (Lipinski definition) is 4. The molecule has 0 radical (unpaired) electrons. The predicted octanol–water partition coefficient (Wildman–Crippen LogP) is 2.30. The number of carboxylic acid groups (broad SMARTS) is 1. The largest absolute Gasteiger partial charge is 0.479 e. The minimum atomic E-state index is -1.07. The maximum absolute atomic E-state index is 12.1. The summed E-state index contributed by atoms with van der Waals surface area (Å²) in [5, 5.41) is 14.5. The first kappa shape index (κ1) is 19.2. The average molecular weight is 369 g/mol. The monoisotopic (exact) mass is 368 g/mol. The van der Waals surface area contributed by atoms with Crippen LogP contribution < -0.4 is 10.6 Å². The maximum atomic E-state index is 12.1. The summed E-state index contributed by atoms with van der Waals surface area (Å²) in [5.41, 5.74) is 0.737. The molecule has 0 aromatic heterocycles. The Bertz CT molecular complexity index is 677. The summed E-state index contributed by atoms with van der Waals surface area (Å²) in [5.74, 6) is -1.46. The number of halogens is 1. The summed E-state index contributed by atoms with van der Waals surface area (Å²) in [7, 11) is 0. The molecule has 2 rings (SSSR count). The van der Waals surface area contributed by atoms with E-state index in [0.29, 0.717) is 36.6 Å². The average Bonchev–Trinajstić information content (AvgIpc) is 3.03. The van der Waals surface area contributed by atoms with Gasteiger partial charge >= 0.3 is 5.97 Å². The molecule has 1 aliphatic rings. The maximum Gasteiger partial charge on any atom is 0.332 e. The van der Waals surface area contributed by atoms with Crippen LogP contribution in [0.1, 0.15) is 37.0 Å². The van der Waals surface area contributed by atoms with Gasteiger partial charge in [-0.2, -0.15) is 0 Å². The zero-order chi connectivity index (χ0) is 18.6. The van der Waals surface area contributed by atoms with Crippen LogP contribution in [0.5, 0.6) is 0 Å². The van der Waals surface area contributed by atoms with Gasteiger partial charge in [0, 0.05) is 12.2 Å². The quantitative estimate of drug-likeness (QED) is 0.714. The third-order valence-electron chi connectivity index (χ3n) is 3.74. The number of nitrogens with one attached hydrogen (secondary N) is 2. The van der Waals surface area contributed by atoms with Crippen molar-refractivity contribution in [3.8, 4) is 0 Å². The number of benzene rings is 1. The molecule has 8 heteroatoms. The van der Waals surface area contributed by atoms with Crippen molar-refractivity contribution in [3.63, 3.8) is 0 Å². The summed E-state index contributed by atoms with van der Waals surface area (Å²) in [4.78, 5) is 35.1. The van der Waals surface area contributed by atoms with Gasteiger partial charge < -0.3 is 20.5 Å². The van der Waals surface area contributed by atoms with E-state index in [2.05, 4.69) is 10.6 Å². The van der Waals surface area contributed by atoms with Gasteiger partial charge in [0.1, 0.15) is 6.10 Å². The molecule has 0 unspecified atom stereocenters. The summed E-state index contributed by atoms with van der Waals surface area (Å²) >= 11 is 6.13. The molecule has 25 heavy (non-hydrogen) atoms. The van der Waals surface area contributed by atoms with Crippen molar-refractivity contribution in [2.75, 3.05) is 11.9 Å². The van der Waals surface area contributed by atoms with Gasteiger partial charge in [0.25, 0.3) is 11.8 Å². The highest BCUT2D eigenvalue weighted by atomic mass is 35.5. The second-order valence-corrected chi connectivity index (χ2v) is 6.72. The Labute approximate surface area is 150 Å². The van der Waals surface area contributed by atoms with Crippen LogP contribution in [0, 0.1) is 5.92 Å². The minimum Gasteiger partial charge on any atom is -0.479 e. The molecule has 0 aliphatic carbocycles. The van der Waals surface area contributed by atoms with Gasteiger partial charge in [-0.1, -0.05) is 25.4 Å². The van der Waals surface area contributed by atoms with E-state index in [0.717, 1.165) is 0 Å². The molecule has 1 aromatic rings. The first-order valence-corrected chi connectivity index (χ1v) is 8.42. The Kier molecular flexibility index (Phi) is 6.39. The fourth-order valence-electron chi connectivity index (χ4n) is 2.40. The van der Waals surface area contributed by atoms with Gasteiger partial charge in [0.15, 0.2) is 6.10 Å². The van der Waals surface area contributed by atoms with Crippen LogP contribution >= 0.6 is 11.6 Å². The molecule has 2 atom stereocenters. The fraction of sp³-hybridized carbons (Fsp3) is 0.471. The molecule has 3 N–H and O–H groups in total. The molecule has 0 bridgehead atoms. The lowest BCUT2D eigenvalue weighted by Gasteiger charge is -2.13. The molecule has 1 heterocycles. The molecule has 136 valence electrons. The molecule has 0 spiro atoms. The van der Waals surface area contributed by atoms with Crippen LogP contribution in [0.4, 0.5) is 5.69 Å². The number of amides is 2. The number of hydrogen-bond donors (Lipinski definition) is 3. The zero-order valence-electron chi connectivity index (χ0n) is 14.0. The van der Waals surface area contributed by atoms with Crippen molar-refractivity contribution in [1.82, 2.24) is 5.32 Å². The highest BCUT2D eigenvalue weighted by molar-refractivity contribution is 6.34. The zero-order valence-corrected chi connectivity index (χ0v) is 14.8. The van der Waals surface area contributed by atoms with E-state index in [1.807, 2.05) is 13.8 Å². The van der Waals surface area contributed by atoms with Gasteiger partial charge in [-0.15, -0.1) is 0 Å². The summed E-state index contributed by atoms with van der Waals surface area (Å²) in [6.45, 7) is 4.51. The normalized spacial score (nSPS) is 19.7. The van der Waals surface area contributed by atoms with Crippen molar-refractivity contribution in [3.05, 3.63) is 28.8 Å². The molecule has 1 aliphatic heterocycles. The van der Waals surface area contributed by atoms with E-state index in [1.54, 1.807) is 6.07 Å². The van der Waals surface area contributed by atoms with Gasteiger partial charge in [-0.05, 0) is 37.0 Å². The molecule has 2 amide bonds. The minimum absolute atomic E-state index is 0.217. The van der Waals surface area contributed by atoms with Crippen molar-refractivity contribution < 1.29 is 24.2 Å². The Morgan fingerprint density at radius 3 is 2.52 bits per heavy atom. The second kappa shape index (κ2) is 8.31. The van der Waals surface area contributed by atoms with E-state index in [9.17, 15) is 14.4 Å². The van der Waals surface area contributed by atoms with Crippen LogP contribution in [0.25, 0.3) is 0 Å². The number of carbonyl (C=O) groups excluding carboxylic acids is 2. The molecular weight excluding hydrogens is 348 g/mol. The summed E-state index contributed by atoms with van der Waals surface area (Å²) < 4.78 is 5.19. The van der Waals surface area contributed by atoms with E-state index in [1.165, 1.54) is 12.1 Å². The highest BCUT2D eigenvalue weighted by Gasteiger charge is 2.34. The molecule has 1 fully saturated rings. The highest BCUT2D eigenvalue weighted by Crippen LogP contribution is 2.24. The topological polar surface area (TPSA) is 105 Å². The lowest BCUT2D eigenvalue weighted by atomic mass is 10.1. The van der Waals surface area contributed by atoms with E-state index < -0.39 is 24.1 Å². The number of carboxylic acids is 1. The van der Waals surface area contributed by atoms with E-state index >= 15 is 0 Å². The SMILES string of the molecule is CC(C)CNC(=O)c1ccc(NC(=O)[C@@H]2CC[C@H](C(=O)O)O2)cc1Cl. The summed E-state index contributed by atoms with van der Waals surface area (Å²) in [6, 6.07) is 4.58. The number of rotatable bonds is 6. The van der Waals surface area contributed by atoms with E-state index in [4.69, 9.17) is 21.4 Å². The van der Waals surface area contributed by atoms with Crippen LogP contribution in [0.2, 0.25) is 5.02 Å². The van der Waals surface area contributed by atoms with Gasteiger partial charge in [-0.25, -0.2) is 4.79 Å². The second-order valence-electron chi connectivity index (χ2n) is 6.32. The fourth-order valence-corrected chi connectivity index (χ4v) is 2.67. The van der Waals surface area contributed by atoms with Gasteiger partial charge in [0.05, 0.1) is 10.6 Å². The molecule has 0 saturated carbocycles. The Balaban J connectivity index is 1.97. The third-order valence-corrected chi connectivity index (χ3v) is 4.05. The van der Waals surface area contributed by atoms with Crippen molar-refractivity contribution >= 4 is 35.1 Å². The standard InChI is InChI=1S/C17H21ClN2O5/c1-9(2)8-19-15(21)11-4-3-10(7-12(11)18)20-16(22)13-5-6-14(25-13)17(23)24/h3-4,7,9,13-14H,5-6,8H2,1-2H3,(H,19,21)(H,20,22)(H,23,24)/t13-,14+/m0/s1. The Morgan fingerprint density at radius 2 is 1.96 bits per heavy atom. The van der Waals surface area contributed by atoms with Crippen LogP contribution in [0.15, 0.2) is 18.2 Å². The number of aliphatic carboxylic acids is 1. The number of anilines is 1. The van der Waals surface area contributed by atoms with Gasteiger partial charge in [-0.3, -0.25) is 9.59 Å². The van der Waals surface area contributed by atoms with Crippen LogP contribution in [-0.2, 0) is 14.3 Å². The van der Waals surface area contributed by atoms with Crippen LogP contribution in [0.3, 0.4) is 0 Å². The third kappa shape index (κ3) is 5.17. The van der Waals surface area contributed by atoms with Gasteiger partial charge in [0.2, 0.25) is 0 Å². The van der Waals surface area contributed by atoms with Crippen molar-refractivity contribution in [2.24, 2.45) is 5.92 Å². The Hall–Kier alpha value is -2.12. The first-order chi connectivity index (χ1) is 11.8. The number of carbonyl (C=O) groups is 3. The van der Waals surface area contributed by atoms with Crippen molar-refractivity contribution in [1.29, 1.82) is 0 Å². The van der Waals surface area contributed by atoms with Crippen molar-refractivity contribution in [2.45, 2.75) is 38.9 Å². The summed E-state index contributed by atoms with van der Waals surface area (Å²) in [6.07, 6.45) is -1.13. The number of ether oxygens (including phenoxy) is 1. The molecule has 1 saturated heterocycles. The molecule has 7 nitrogen and oxygen atoms in total. The lowest BCUT2D eigenvalue weighted by molar-refractivity contribution is -0.150. The predicted molar refractivity (Wildman–Crippen MR) is 92.8 cm³/mol. The molecular formula is C17H21ClN2O5. The molecule has 1 aromatic carbocycles.